The van der Waals surface area contributed by atoms with Gasteiger partial charge in [0.15, 0.2) is 0 Å². The van der Waals surface area contributed by atoms with Crippen LogP contribution in [0.25, 0.3) is 0 Å². The van der Waals surface area contributed by atoms with E-state index in [1.807, 2.05) is 4.90 Å². The summed E-state index contributed by atoms with van der Waals surface area (Å²) in [4.78, 5) is 16.4. The van der Waals surface area contributed by atoms with E-state index in [0.717, 1.165) is 39.1 Å². The number of nitrogens with two attached hydrogens (primary N) is 1. The van der Waals surface area contributed by atoms with Crippen LogP contribution in [0.5, 0.6) is 0 Å². The van der Waals surface area contributed by atoms with Gasteiger partial charge in [-0.3, -0.25) is 9.69 Å². The molecule has 0 aromatic carbocycles. The smallest absolute Gasteiger partial charge is 0.227 e. The molecule has 2 rings (SSSR count). The number of carbonyl (C=O) groups excluding carboxylic acids is 1. The maximum Gasteiger partial charge on any atom is 0.227 e. The van der Waals surface area contributed by atoms with Crippen molar-refractivity contribution in [3.8, 4) is 0 Å². The third-order valence-corrected chi connectivity index (χ3v) is 3.46. The zero-order chi connectivity index (χ0) is 11.7. The van der Waals surface area contributed by atoms with Crippen molar-refractivity contribution >= 4 is 5.91 Å². The summed E-state index contributed by atoms with van der Waals surface area (Å²) in [6.07, 6.45) is 0.894. The first-order valence-corrected chi connectivity index (χ1v) is 6.34. The fourth-order valence-electron chi connectivity index (χ4n) is 2.40. The average molecular weight is 225 g/mol. The quantitative estimate of drug-likeness (QED) is 0.743. The molecule has 2 atom stereocenters. The van der Waals surface area contributed by atoms with E-state index >= 15 is 0 Å². The lowest BCUT2D eigenvalue weighted by Crippen LogP contribution is -2.50. The number of piperazine rings is 1. The molecular weight excluding hydrogens is 202 g/mol. The maximum absolute atomic E-state index is 11.9. The second-order valence-corrected chi connectivity index (χ2v) is 5.53. The number of hydrogen-bond donors (Lipinski definition) is 1. The Kier molecular flexibility index (Phi) is 3.50. The predicted molar refractivity (Wildman–Crippen MR) is 63.9 cm³/mol. The molecule has 2 fully saturated rings. The molecule has 2 aliphatic rings. The molecule has 1 saturated heterocycles. The second kappa shape index (κ2) is 4.72. The number of amides is 1. The van der Waals surface area contributed by atoms with Crippen LogP contribution in [0.15, 0.2) is 0 Å². The summed E-state index contributed by atoms with van der Waals surface area (Å²) in [5.74, 6) is 1.13. The Bertz CT molecular complexity index is 259. The normalized spacial score (nSPS) is 30.9. The molecule has 1 aliphatic heterocycles. The summed E-state index contributed by atoms with van der Waals surface area (Å²) in [6, 6.07) is 0.140. The van der Waals surface area contributed by atoms with Crippen LogP contribution in [0.2, 0.25) is 0 Å². The van der Waals surface area contributed by atoms with E-state index in [9.17, 15) is 4.79 Å². The molecule has 0 radical (unpaired) electrons. The van der Waals surface area contributed by atoms with Crippen molar-refractivity contribution in [1.29, 1.82) is 0 Å². The van der Waals surface area contributed by atoms with E-state index in [-0.39, 0.29) is 17.9 Å². The zero-order valence-electron chi connectivity index (χ0n) is 10.4. The lowest BCUT2D eigenvalue weighted by Gasteiger charge is -2.35. The van der Waals surface area contributed by atoms with E-state index in [4.69, 9.17) is 5.73 Å². The Morgan fingerprint density at radius 1 is 1.31 bits per heavy atom. The van der Waals surface area contributed by atoms with Crippen LogP contribution in [-0.2, 0) is 4.79 Å². The van der Waals surface area contributed by atoms with E-state index in [1.165, 1.54) is 0 Å². The topological polar surface area (TPSA) is 49.6 Å². The van der Waals surface area contributed by atoms with Gasteiger partial charge in [-0.15, -0.1) is 0 Å². The van der Waals surface area contributed by atoms with Gasteiger partial charge in [0, 0.05) is 38.8 Å². The first kappa shape index (κ1) is 11.9. The van der Waals surface area contributed by atoms with E-state index in [1.54, 1.807) is 0 Å². The van der Waals surface area contributed by atoms with Crippen LogP contribution in [0.3, 0.4) is 0 Å². The Balaban J connectivity index is 1.74. The minimum atomic E-state index is 0.136. The lowest BCUT2D eigenvalue weighted by molar-refractivity contribution is -0.134. The van der Waals surface area contributed by atoms with Crippen LogP contribution in [-0.4, -0.2) is 54.5 Å². The Morgan fingerprint density at radius 3 is 2.31 bits per heavy atom. The molecule has 2 unspecified atom stereocenters. The Hall–Kier alpha value is -0.610. The summed E-state index contributed by atoms with van der Waals surface area (Å²) in [6.45, 7) is 9.42. The molecule has 4 heteroatoms. The molecule has 4 nitrogen and oxygen atoms in total. The Labute approximate surface area is 97.8 Å². The van der Waals surface area contributed by atoms with Gasteiger partial charge < -0.3 is 10.6 Å². The molecule has 1 amide bonds. The maximum atomic E-state index is 11.9. The van der Waals surface area contributed by atoms with E-state index in [2.05, 4.69) is 18.7 Å². The van der Waals surface area contributed by atoms with E-state index < -0.39 is 0 Å². The van der Waals surface area contributed by atoms with Crippen LogP contribution >= 0.6 is 0 Å². The first-order valence-electron chi connectivity index (χ1n) is 6.34. The predicted octanol–water partition coefficient (Wildman–Crippen LogP) is 0.134. The molecular formula is C12H23N3O. The largest absolute Gasteiger partial charge is 0.340 e. The van der Waals surface area contributed by atoms with Gasteiger partial charge in [0.1, 0.15) is 0 Å². The van der Waals surface area contributed by atoms with E-state index in [0.29, 0.717) is 5.92 Å². The van der Waals surface area contributed by atoms with Gasteiger partial charge in [-0.25, -0.2) is 0 Å². The van der Waals surface area contributed by atoms with Crippen molar-refractivity contribution < 1.29 is 4.79 Å². The summed E-state index contributed by atoms with van der Waals surface area (Å²) < 4.78 is 0. The second-order valence-electron chi connectivity index (χ2n) is 5.53. The van der Waals surface area contributed by atoms with Crippen LogP contribution in [0.1, 0.15) is 20.3 Å². The standard InChI is InChI=1S/C12H23N3O/c1-9(2)8-14-3-5-15(6-4-14)12(16)10-7-11(10)13/h9-11H,3-8,13H2,1-2H3. The lowest BCUT2D eigenvalue weighted by atomic mass is 10.2. The van der Waals surface area contributed by atoms with Crippen molar-refractivity contribution in [2.45, 2.75) is 26.3 Å². The van der Waals surface area contributed by atoms with Gasteiger partial charge in [-0.1, -0.05) is 13.8 Å². The molecule has 2 N–H and O–H groups in total. The molecule has 0 aromatic rings. The van der Waals surface area contributed by atoms with Gasteiger partial charge in [0.25, 0.3) is 0 Å². The zero-order valence-corrected chi connectivity index (χ0v) is 10.4. The van der Waals surface area contributed by atoms with Gasteiger partial charge in [-0.2, -0.15) is 0 Å². The van der Waals surface area contributed by atoms with Gasteiger partial charge in [0.2, 0.25) is 5.91 Å². The van der Waals surface area contributed by atoms with Gasteiger partial charge >= 0.3 is 0 Å². The van der Waals surface area contributed by atoms with Crippen LogP contribution < -0.4 is 5.73 Å². The highest BCUT2D eigenvalue weighted by molar-refractivity contribution is 5.82. The molecule has 0 bridgehead atoms. The van der Waals surface area contributed by atoms with Gasteiger partial charge in [0.05, 0.1) is 5.92 Å². The fourth-order valence-corrected chi connectivity index (χ4v) is 2.40. The number of nitrogens with zero attached hydrogens (tertiary/aromatic N) is 2. The highest BCUT2D eigenvalue weighted by Gasteiger charge is 2.42. The third kappa shape index (κ3) is 2.74. The minimum absolute atomic E-state index is 0.136. The molecule has 1 saturated carbocycles. The molecule has 0 aromatic heterocycles. The molecule has 1 heterocycles. The fraction of sp³-hybridized carbons (Fsp3) is 0.917. The Morgan fingerprint density at radius 2 is 1.88 bits per heavy atom. The van der Waals surface area contributed by atoms with Crippen molar-refractivity contribution in [2.75, 3.05) is 32.7 Å². The minimum Gasteiger partial charge on any atom is -0.340 e. The molecule has 0 spiro atoms. The molecule has 1 aliphatic carbocycles. The summed E-state index contributed by atoms with van der Waals surface area (Å²) in [7, 11) is 0. The molecule has 16 heavy (non-hydrogen) atoms. The van der Waals surface area contributed by atoms with Crippen molar-refractivity contribution in [2.24, 2.45) is 17.6 Å². The number of carbonyl (C=O) groups is 1. The third-order valence-electron chi connectivity index (χ3n) is 3.46. The number of rotatable bonds is 3. The highest BCUT2D eigenvalue weighted by Crippen LogP contribution is 2.30. The number of hydrogen-bond acceptors (Lipinski definition) is 3. The highest BCUT2D eigenvalue weighted by atomic mass is 16.2. The SMILES string of the molecule is CC(C)CN1CCN(C(=O)C2CC2N)CC1. The van der Waals surface area contributed by atoms with Crippen molar-refractivity contribution in [1.82, 2.24) is 9.80 Å². The summed E-state index contributed by atoms with van der Waals surface area (Å²) in [5.41, 5.74) is 5.71. The first-order chi connectivity index (χ1) is 7.58. The average Bonchev–Trinajstić information content (AvgIpc) is 2.95. The molecule has 92 valence electrons. The monoisotopic (exact) mass is 225 g/mol. The summed E-state index contributed by atoms with van der Waals surface area (Å²) in [5, 5.41) is 0. The summed E-state index contributed by atoms with van der Waals surface area (Å²) >= 11 is 0. The van der Waals surface area contributed by atoms with Crippen molar-refractivity contribution in [3.63, 3.8) is 0 Å². The van der Waals surface area contributed by atoms with Crippen molar-refractivity contribution in [3.05, 3.63) is 0 Å². The van der Waals surface area contributed by atoms with Gasteiger partial charge in [-0.05, 0) is 12.3 Å². The van der Waals surface area contributed by atoms with Crippen LogP contribution in [0.4, 0.5) is 0 Å². The van der Waals surface area contributed by atoms with Crippen LogP contribution in [0, 0.1) is 11.8 Å².